The molecule has 1 atom stereocenters. The zero-order valence-electron chi connectivity index (χ0n) is 16.2. The van der Waals surface area contributed by atoms with Crippen molar-refractivity contribution in [2.75, 3.05) is 26.7 Å². The van der Waals surface area contributed by atoms with Crippen LogP contribution in [-0.4, -0.2) is 52.3 Å². The van der Waals surface area contributed by atoms with Crippen molar-refractivity contribution in [1.82, 2.24) is 25.0 Å². The number of H-pyrrole nitrogens is 1. The summed E-state index contributed by atoms with van der Waals surface area (Å²) in [4.78, 5) is 9.95. The summed E-state index contributed by atoms with van der Waals surface area (Å²) >= 11 is 0. The van der Waals surface area contributed by atoms with Gasteiger partial charge in [-0.3, -0.25) is 9.67 Å². The number of fused-ring (bicyclic) bond motifs is 1. The number of halogens is 2. The van der Waals surface area contributed by atoms with E-state index in [4.69, 9.17) is 0 Å². The van der Waals surface area contributed by atoms with Crippen LogP contribution in [0.15, 0.2) is 41.8 Å². The Labute approximate surface area is 181 Å². The van der Waals surface area contributed by atoms with Crippen molar-refractivity contribution in [3.8, 4) is 0 Å². The Bertz CT molecular complexity index is 963. The summed E-state index contributed by atoms with van der Waals surface area (Å²) in [5.74, 6) is 1.21. The number of hydrogen-bond donors (Lipinski definition) is 2. The second kappa shape index (κ2) is 8.93. The first-order chi connectivity index (χ1) is 13.1. The maximum absolute atomic E-state index is 13.5. The fraction of sp³-hybridized carbons (Fsp3) is 0.400. The van der Waals surface area contributed by atoms with E-state index in [0.717, 1.165) is 54.9 Å². The number of likely N-dealkylation sites (tertiary alicyclic amines) is 1. The van der Waals surface area contributed by atoms with Gasteiger partial charge >= 0.3 is 0 Å². The predicted octanol–water partition coefficient (Wildman–Crippen LogP) is 3.27. The number of rotatable bonds is 4. The highest BCUT2D eigenvalue weighted by atomic mass is 127. The molecule has 4 rings (SSSR count). The number of hydrogen-bond acceptors (Lipinski definition) is 2. The minimum atomic E-state index is -0.203. The van der Waals surface area contributed by atoms with Crippen LogP contribution in [0.3, 0.4) is 0 Å². The molecule has 6 nitrogen and oxygen atoms in total. The van der Waals surface area contributed by atoms with E-state index in [1.807, 2.05) is 31.2 Å². The highest BCUT2D eigenvalue weighted by Crippen LogP contribution is 2.26. The Hall–Kier alpha value is -2.10. The molecule has 0 aliphatic carbocycles. The number of aryl methyl sites for hydroxylation is 1. The molecular weight excluding hydrogens is 470 g/mol. The molecule has 1 aromatic carbocycles. The van der Waals surface area contributed by atoms with Gasteiger partial charge in [-0.15, -0.1) is 24.0 Å². The number of aromatic nitrogens is 3. The summed E-state index contributed by atoms with van der Waals surface area (Å²) in [6, 6.07) is 4.85. The van der Waals surface area contributed by atoms with Gasteiger partial charge in [0.05, 0.1) is 6.20 Å². The van der Waals surface area contributed by atoms with Gasteiger partial charge in [0.1, 0.15) is 5.82 Å². The molecular formula is C20H26FIN6. The lowest BCUT2D eigenvalue weighted by atomic mass is 10.0. The molecule has 0 amide bonds. The Balaban J connectivity index is 0.00000225. The summed E-state index contributed by atoms with van der Waals surface area (Å²) in [6.07, 6.45) is 7.93. The molecule has 0 spiro atoms. The predicted molar refractivity (Wildman–Crippen MR) is 121 cm³/mol. The van der Waals surface area contributed by atoms with E-state index in [0.29, 0.717) is 5.92 Å². The molecule has 3 heterocycles. The maximum Gasteiger partial charge on any atom is 0.193 e. The molecule has 8 heteroatoms. The molecule has 0 radical (unpaired) electrons. The molecule has 1 unspecified atom stereocenters. The van der Waals surface area contributed by atoms with Crippen LogP contribution in [0.25, 0.3) is 10.9 Å². The Kier molecular flexibility index (Phi) is 6.58. The van der Waals surface area contributed by atoms with Crippen molar-refractivity contribution >= 4 is 40.8 Å². The van der Waals surface area contributed by atoms with Crippen molar-refractivity contribution in [2.24, 2.45) is 12.0 Å². The zero-order chi connectivity index (χ0) is 18.8. The first kappa shape index (κ1) is 20.6. The summed E-state index contributed by atoms with van der Waals surface area (Å²) in [5.41, 5.74) is 3.37. The van der Waals surface area contributed by atoms with Crippen LogP contribution >= 0.6 is 24.0 Å². The first-order valence-electron chi connectivity index (χ1n) is 9.33. The van der Waals surface area contributed by atoms with Crippen LogP contribution in [0.4, 0.5) is 4.39 Å². The van der Waals surface area contributed by atoms with Crippen LogP contribution in [0.2, 0.25) is 0 Å². The summed E-state index contributed by atoms with van der Waals surface area (Å²) in [7, 11) is 3.77. The average molecular weight is 496 g/mol. The van der Waals surface area contributed by atoms with E-state index in [2.05, 4.69) is 31.5 Å². The van der Waals surface area contributed by atoms with Crippen molar-refractivity contribution in [3.63, 3.8) is 0 Å². The number of nitrogens with one attached hydrogen (secondary N) is 2. The Morgan fingerprint density at radius 3 is 3.04 bits per heavy atom. The molecule has 28 heavy (non-hydrogen) atoms. The Morgan fingerprint density at radius 1 is 1.43 bits per heavy atom. The average Bonchev–Trinajstić information content (AvgIpc) is 3.38. The lowest BCUT2D eigenvalue weighted by Gasteiger charge is -2.21. The monoisotopic (exact) mass is 496 g/mol. The van der Waals surface area contributed by atoms with Crippen molar-refractivity contribution < 1.29 is 4.39 Å². The molecule has 150 valence electrons. The SMILES string of the molecule is CN=C(NCCc1c[nH]c2ccc(F)cc12)N1CCC(c2cnn(C)c2)C1.I. The number of aliphatic imine (C=N–C) groups is 1. The van der Waals surface area contributed by atoms with Crippen LogP contribution in [-0.2, 0) is 13.5 Å². The standard InChI is InChI=1S/C20H25FN6.HI/c1-22-20(27-8-6-15(13-27)16-11-25-26(2)12-16)23-7-5-14-10-24-19-4-3-17(21)9-18(14)19;/h3-4,9-12,15,24H,5-8,13H2,1-2H3,(H,22,23);1H. The Morgan fingerprint density at radius 2 is 2.29 bits per heavy atom. The third-order valence-electron chi connectivity index (χ3n) is 5.30. The van der Waals surface area contributed by atoms with E-state index < -0.39 is 0 Å². The first-order valence-corrected chi connectivity index (χ1v) is 9.33. The second-order valence-electron chi connectivity index (χ2n) is 7.11. The number of aromatic amines is 1. The minimum Gasteiger partial charge on any atom is -0.361 e. The highest BCUT2D eigenvalue weighted by molar-refractivity contribution is 14.0. The highest BCUT2D eigenvalue weighted by Gasteiger charge is 2.26. The molecule has 1 saturated heterocycles. The van der Waals surface area contributed by atoms with Gasteiger partial charge in [0, 0.05) is 62.9 Å². The van der Waals surface area contributed by atoms with Crippen molar-refractivity contribution in [3.05, 3.63) is 53.7 Å². The van der Waals surface area contributed by atoms with Gasteiger partial charge in [-0.05, 0) is 42.2 Å². The van der Waals surface area contributed by atoms with Gasteiger partial charge in [-0.1, -0.05) is 0 Å². The quantitative estimate of drug-likeness (QED) is 0.331. The molecule has 3 aromatic rings. The van der Waals surface area contributed by atoms with E-state index in [-0.39, 0.29) is 29.8 Å². The third-order valence-corrected chi connectivity index (χ3v) is 5.30. The van der Waals surface area contributed by atoms with E-state index >= 15 is 0 Å². The number of guanidine groups is 1. The van der Waals surface area contributed by atoms with E-state index in [1.165, 1.54) is 11.6 Å². The molecule has 0 saturated carbocycles. The summed E-state index contributed by atoms with van der Waals surface area (Å²) in [5, 5.41) is 8.69. The fourth-order valence-corrected chi connectivity index (χ4v) is 3.87. The largest absolute Gasteiger partial charge is 0.361 e. The van der Waals surface area contributed by atoms with Crippen LogP contribution < -0.4 is 5.32 Å². The lowest BCUT2D eigenvalue weighted by molar-refractivity contribution is 0.486. The maximum atomic E-state index is 13.5. The topological polar surface area (TPSA) is 61.2 Å². The third kappa shape index (κ3) is 4.31. The van der Waals surface area contributed by atoms with E-state index in [1.54, 1.807) is 12.1 Å². The van der Waals surface area contributed by atoms with Gasteiger partial charge in [0.15, 0.2) is 5.96 Å². The second-order valence-corrected chi connectivity index (χ2v) is 7.11. The normalized spacial score (nSPS) is 17.2. The zero-order valence-corrected chi connectivity index (χ0v) is 18.5. The molecule has 2 aromatic heterocycles. The summed E-state index contributed by atoms with van der Waals surface area (Å²) < 4.78 is 15.4. The van der Waals surface area contributed by atoms with Crippen molar-refractivity contribution in [2.45, 2.75) is 18.8 Å². The van der Waals surface area contributed by atoms with Crippen LogP contribution in [0.1, 0.15) is 23.5 Å². The van der Waals surface area contributed by atoms with Crippen LogP contribution in [0, 0.1) is 5.82 Å². The fourth-order valence-electron chi connectivity index (χ4n) is 3.87. The van der Waals surface area contributed by atoms with Gasteiger partial charge in [0.2, 0.25) is 0 Å². The minimum absolute atomic E-state index is 0. The molecule has 1 fully saturated rings. The van der Waals surface area contributed by atoms with Crippen molar-refractivity contribution in [1.29, 1.82) is 0 Å². The lowest BCUT2D eigenvalue weighted by Crippen LogP contribution is -2.40. The van der Waals surface area contributed by atoms with Crippen LogP contribution in [0.5, 0.6) is 0 Å². The number of benzene rings is 1. The summed E-state index contributed by atoms with van der Waals surface area (Å²) in [6.45, 7) is 2.69. The van der Waals surface area contributed by atoms with Gasteiger partial charge < -0.3 is 15.2 Å². The molecule has 2 N–H and O–H groups in total. The molecule has 1 aliphatic heterocycles. The van der Waals surface area contributed by atoms with Gasteiger partial charge in [0.25, 0.3) is 0 Å². The number of nitrogens with zero attached hydrogens (tertiary/aromatic N) is 4. The van der Waals surface area contributed by atoms with Gasteiger partial charge in [-0.25, -0.2) is 4.39 Å². The molecule has 0 bridgehead atoms. The smallest absolute Gasteiger partial charge is 0.193 e. The van der Waals surface area contributed by atoms with E-state index in [9.17, 15) is 4.39 Å². The molecule has 1 aliphatic rings. The van der Waals surface area contributed by atoms with Gasteiger partial charge in [-0.2, -0.15) is 5.10 Å².